The Morgan fingerprint density at radius 1 is 1.36 bits per heavy atom. The van der Waals surface area contributed by atoms with Crippen LogP contribution in [0.25, 0.3) is 0 Å². The van der Waals surface area contributed by atoms with Crippen molar-refractivity contribution in [2.75, 3.05) is 11.9 Å². The summed E-state index contributed by atoms with van der Waals surface area (Å²) < 4.78 is 13.3. The predicted molar refractivity (Wildman–Crippen MR) is 80.3 cm³/mol. The minimum atomic E-state index is -0.432. The number of nitrogens with one attached hydrogen (secondary N) is 3. The van der Waals surface area contributed by atoms with Crippen LogP contribution in [-0.2, 0) is 4.79 Å². The van der Waals surface area contributed by atoms with Crippen molar-refractivity contribution in [1.29, 1.82) is 0 Å². The Kier molecular flexibility index (Phi) is 3.66. The molecule has 0 spiro atoms. The highest BCUT2D eigenvalue weighted by Gasteiger charge is 2.30. The fraction of sp³-hybridized carbons (Fsp3) is 0.250. The summed E-state index contributed by atoms with van der Waals surface area (Å²) >= 11 is 0. The van der Waals surface area contributed by atoms with E-state index in [1.807, 2.05) is 6.92 Å². The first-order valence-electron chi connectivity index (χ1n) is 7.08. The molecule has 1 unspecified atom stereocenters. The molecule has 0 fully saturated rings. The number of carbonyl (C=O) groups is 2. The van der Waals surface area contributed by atoms with Crippen molar-refractivity contribution in [3.63, 3.8) is 0 Å². The number of rotatable bonds is 4. The third-order valence-electron chi connectivity index (χ3n) is 3.88. The molecule has 3 rings (SSSR count). The first-order chi connectivity index (χ1) is 10.6. The number of amides is 2. The fourth-order valence-electron chi connectivity index (χ4n) is 2.69. The standard InChI is InChI=1S/C16H16FN3O2/c1-9-7-18-8-13(9)15(21)19-5-4-11-12-6-10(17)2-3-14(12)20-16(11)22/h2-3,6-8,11,18H,4-5H2,1H3,(H,19,21)(H,20,22). The smallest absolute Gasteiger partial charge is 0.253 e. The third-order valence-corrected chi connectivity index (χ3v) is 3.88. The van der Waals surface area contributed by atoms with Gasteiger partial charge in [0.15, 0.2) is 0 Å². The van der Waals surface area contributed by atoms with Crippen LogP contribution in [0.1, 0.15) is 33.8 Å². The van der Waals surface area contributed by atoms with Gasteiger partial charge in [0.25, 0.3) is 5.91 Å². The Hall–Kier alpha value is -2.63. The zero-order valence-electron chi connectivity index (χ0n) is 12.1. The molecule has 1 aliphatic heterocycles. The Bertz CT molecular complexity index is 739. The third kappa shape index (κ3) is 2.59. The van der Waals surface area contributed by atoms with Gasteiger partial charge < -0.3 is 15.6 Å². The molecule has 1 aromatic carbocycles. The molecule has 6 heteroatoms. The van der Waals surface area contributed by atoms with Gasteiger partial charge in [-0.25, -0.2) is 4.39 Å². The average Bonchev–Trinajstić information content (AvgIpc) is 3.03. The molecule has 1 aromatic heterocycles. The van der Waals surface area contributed by atoms with Gasteiger partial charge in [0, 0.05) is 24.6 Å². The summed E-state index contributed by atoms with van der Waals surface area (Å²) in [6, 6.07) is 4.25. The normalized spacial score (nSPS) is 16.3. The summed E-state index contributed by atoms with van der Waals surface area (Å²) in [6.45, 7) is 2.19. The van der Waals surface area contributed by atoms with Crippen molar-refractivity contribution >= 4 is 17.5 Å². The molecule has 0 saturated heterocycles. The van der Waals surface area contributed by atoms with Crippen LogP contribution in [-0.4, -0.2) is 23.3 Å². The van der Waals surface area contributed by atoms with Crippen molar-refractivity contribution in [2.45, 2.75) is 19.3 Å². The lowest BCUT2D eigenvalue weighted by atomic mass is 9.97. The SMILES string of the molecule is Cc1c[nH]cc1C(=O)NCCC1C(=O)Nc2ccc(F)cc21. The van der Waals surface area contributed by atoms with E-state index in [-0.39, 0.29) is 17.6 Å². The van der Waals surface area contributed by atoms with E-state index in [9.17, 15) is 14.0 Å². The number of benzene rings is 1. The van der Waals surface area contributed by atoms with Gasteiger partial charge in [-0.15, -0.1) is 0 Å². The monoisotopic (exact) mass is 301 g/mol. The molecular formula is C16H16FN3O2. The van der Waals surface area contributed by atoms with Gasteiger partial charge in [-0.1, -0.05) is 0 Å². The van der Waals surface area contributed by atoms with E-state index in [2.05, 4.69) is 15.6 Å². The van der Waals surface area contributed by atoms with Gasteiger partial charge in [0.05, 0.1) is 11.5 Å². The minimum Gasteiger partial charge on any atom is -0.367 e. The molecule has 0 bridgehead atoms. The molecule has 1 atom stereocenters. The highest BCUT2D eigenvalue weighted by Crippen LogP contribution is 2.34. The summed E-state index contributed by atoms with van der Waals surface area (Å²) in [4.78, 5) is 26.8. The maximum absolute atomic E-state index is 13.3. The Morgan fingerprint density at radius 2 is 2.18 bits per heavy atom. The van der Waals surface area contributed by atoms with E-state index in [0.717, 1.165) is 5.56 Å². The number of halogens is 1. The van der Waals surface area contributed by atoms with Crippen molar-refractivity contribution < 1.29 is 14.0 Å². The maximum atomic E-state index is 13.3. The van der Waals surface area contributed by atoms with Crippen molar-refractivity contribution in [3.05, 3.63) is 53.1 Å². The second-order valence-electron chi connectivity index (χ2n) is 5.37. The van der Waals surface area contributed by atoms with E-state index in [1.165, 1.54) is 12.1 Å². The number of carbonyl (C=O) groups excluding carboxylic acids is 2. The van der Waals surface area contributed by atoms with E-state index in [0.29, 0.717) is 29.8 Å². The minimum absolute atomic E-state index is 0.160. The number of aromatic amines is 1. The van der Waals surface area contributed by atoms with Crippen molar-refractivity contribution in [2.24, 2.45) is 0 Å². The first-order valence-corrected chi connectivity index (χ1v) is 7.08. The van der Waals surface area contributed by atoms with E-state index >= 15 is 0 Å². The summed E-state index contributed by atoms with van der Waals surface area (Å²) in [6.07, 6.45) is 3.81. The molecule has 22 heavy (non-hydrogen) atoms. The van der Waals surface area contributed by atoms with Crippen LogP contribution in [0.4, 0.5) is 10.1 Å². The number of hydrogen-bond donors (Lipinski definition) is 3. The number of hydrogen-bond acceptors (Lipinski definition) is 2. The predicted octanol–water partition coefficient (Wildman–Crippen LogP) is 2.32. The number of H-pyrrole nitrogens is 1. The lowest BCUT2D eigenvalue weighted by Crippen LogP contribution is -2.27. The van der Waals surface area contributed by atoms with E-state index < -0.39 is 5.92 Å². The van der Waals surface area contributed by atoms with Gasteiger partial charge in [-0.2, -0.15) is 0 Å². The first kappa shape index (κ1) is 14.3. The Balaban J connectivity index is 1.63. The zero-order valence-corrected chi connectivity index (χ0v) is 12.1. The van der Waals surface area contributed by atoms with Gasteiger partial charge in [-0.05, 0) is 42.7 Å². The second kappa shape index (κ2) is 5.63. The van der Waals surface area contributed by atoms with Crippen LogP contribution >= 0.6 is 0 Å². The molecule has 0 radical (unpaired) electrons. The molecule has 5 nitrogen and oxygen atoms in total. The average molecular weight is 301 g/mol. The molecule has 114 valence electrons. The van der Waals surface area contributed by atoms with Crippen LogP contribution in [0.2, 0.25) is 0 Å². The lowest BCUT2D eigenvalue weighted by Gasteiger charge is -2.10. The maximum Gasteiger partial charge on any atom is 0.253 e. The highest BCUT2D eigenvalue weighted by atomic mass is 19.1. The van der Waals surface area contributed by atoms with Crippen LogP contribution in [0, 0.1) is 12.7 Å². The van der Waals surface area contributed by atoms with Crippen LogP contribution in [0.15, 0.2) is 30.6 Å². The van der Waals surface area contributed by atoms with Crippen LogP contribution in [0.3, 0.4) is 0 Å². The summed E-state index contributed by atoms with van der Waals surface area (Å²) in [5.74, 6) is -1.14. The fourth-order valence-corrected chi connectivity index (χ4v) is 2.69. The molecule has 0 aliphatic carbocycles. The molecule has 2 amide bonds. The van der Waals surface area contributed by atoms with Crippen molar-refractivity contribution in [3.8, 4) is 0 Å². The van der Waals surface area contributed by atoms with E-state index in [1.54, 1.807) is 18.5 Å². The number of aryl methyl sites for hydroxylation is 1. The van der Waals surface area contributed by atoms with Gasteiger partial charge >= 0.3 is 0 Å². The van der Waals surface area contributed by atoms with Gasteiger partial charge in [0.2, 0.25) is 5.91 Å². The highest BCUT2D eigenvalue weighted by molar-refractivity contribution is 6.03. The summed E-state index contributed by atoms with van der Waals surface area (Å²) in [5.41, 5.74) is 2.74. The molecule has 1 aliphatic rings. The van der Waals surface area contributed by atoms with Crippen molar-refractivity contribution in [1.82, 2.24) is 10.3 Å². The Labute approximate surface area is 126 Å². The molecule has 2 aromatic rings. The van der Waals surface area contributed by atoms with E-state index in [4.69, 9.17) is 0 Å². The molecule has 3 N–H and O–H groups in total. The topological polar surface area (TPSA) is 74.0 Å². The zero-order chi connectivity index (χ0) is 15.7. The quantitative estimate of drug-likeness (QED) is 0.811. The lowest BCUT2D eigenvalue weighted by molar-refractivity contribution is -0.117. The Morgan fingerprint density at radius 3 is 2.91 bits per heavy atom. The molecule has 2 heterocycles. The number of aromatic nitrogens is 1. The molecule has 0 saturated carbocycles. The summed E-state index contributed by atoms with van der Waals surface area (Å²) in [5, 5.41) is 5.51. The second-order valence-corrected chi connectivity index (χ2v) is 5.37. The largest absolute Gasteiger partial charge is 0.367 e. The van der Waals surface area contributed by atoms with Gasteiger partial charge in [0.1, 0.15) is 5.82 Å². The van der Waals surface area contributed by atoms with Gasteiger partial charge in [-0.3, -0.25) is 9.59 Å². The molecular weight excluding hydrogens is 285 g/mol. The number of anilines is 1. The van der Waals surface area contributed by atoms with Crippen LogP contribution < -0.4 is 10.6 Å². The summed E-state index contributed by atoms with van der Waals surface area (Å²) in [7, 11) is 0. The number of fused-ring (bicyclic) bond motifs is 1. The van der Waals surface area contributed by atoms with Crippen LogP contribution in [0.5, 0.6) is 0 Å².